The highest BCUT2D eigenvalue weighted by atomic mass is 14.8. The molecule has 4 atom stereocenters. The van der Waals surface area contributed by atoms with Gasteiger partial charge in [0.25, 0.3) is 0 Å². The van der Waals surface area contributed by atoms with Crippen molar-refractivity contribution in [3.63, 3.8) is 0 Å². The second-order valence-corrected chi connectivity index (χ2v) is 9.41. The predicted molar refractivity (Wildman–Crippen MR) is 141 cm³/mol. The maximum Gasteiger partial charge on any atom is 0.0241 e. The molecular weight excluding hydrogens is 386 g/mol. The van der Waals surface area contributed by atoms with E-state index >= 15 is 0 Å². The van der Waals surface area contributed by atoms with Crippen molar-refractivity contribution in [3.05, 3.63) is 108 Å². The smallest absolute Gasteiger partial charge is 0.0241 e. The van der Waals surface area contributed by atoms with Gasteiger partial charge in [-0.05, 0) is 80.7 Å². The number of allylic oxidation sites excluding steroid dienone is 9. The Balaban J connectivity index is 2.09. The lowest BCUT2D eigenvalue weighted by Crippen LogP contribution is -2.33. The van der Waals surface area contributed by atoms with Gasteiger partial charge >= 0.3 is 0 Å². The Bertz CT molecular complexity index is 912. The topological polar surface area (TPSA) is 12.0 Å². The van der Waals surface area contributed by atoms with Crippen LogP contribution in [-0.4, -0.2) is 6.54 Å². The first kappa shape index (κ1) is 24.1. The highest BCUT2D eigenvalue weighted by Crippen LogP contribution is 2.60. The summed E-state index contributed by atoms with van der Waals surface area (Å²) in [5.41, 5.74) is 6.13. The Labute approximate surface area is 196 Å². The average Bonchev–Trinajstić information content (AvgIpc) is 3.10. The van der Waals surface area contributed by atoms with Crippen LogP contribution in [0.3, 0.4) is 0 Å². The van der Waals surface area contributed by atoms with Crippen LogP contribution in [-0.2, 0) is 5.41 Å². The molecule has 2 aliphatic rings. The fraction of sp³-hybridized carbons (Fsp3) is 0.419. The van der Waals surface area contributed by atoms with Crippen LogP contribution in [0.4, 0.5) is 0 Å². The summed E-state index contributed by atoms with van der Waals surface area (Å²) >= 11 is 0. The van der Waals surface area contributed by atoms with Crippen LogP contribution >= 0.6 is 0 Å². The third-order valence-electron chi connectivity index (χ3n) is 7.45. The van der Waals surface area contributed by atoms with Gasteiger partial charge in [0, 0.05) is 17.9 Å². The summed E-state index contributed by atoms with van der Waals surface area (Å²) in [5, 5.41) is 3.37. The van der Waals surface area contributed by atoms with Gasteiger partial charge < -0.3 is 5.32 Å². The standard InChI is InChI=1S/C31H41N/c1-6-9-16-26-19-20-28-27-17-10-11-18-29(27)31(30(28)25(26)5,22-14-23-32-8-3)21-13-12-15-24(4)7-2/h6-7,9-11,13-14,16-18,21,23-24,28,30,32H,1-2,8,12,15,19-20,22H2,3-5H3/b16-9-,21-13-,23-14+. The zero-order valence-electron chi connectivity index (χ0n) is 20.3. The number of benzene rings is 1. The molecule has 0 fully saturated rings. The molecular formula is C31H41N. The number of nitrogens with one attached hydrogen (secondary N) is 1. The summed E-state index contributed by atoms with van der Waals surface area (Å²) in [5.74, 6) is 1.65. The molecule has 0 spiro atoms. The van der Waals surface area contributed by atoms with Gasteiger partial charge in [0.2, 0.25) is 0 Å². The number of hydrogen-bond donors (Lipinski definition) is 1. The van der Waals surface area contributed by atoms with Crippen LogP contribution in [0.5, 0.6) is 0 Å². The van der Waals surface area contributed by atoms with E-state index in [0.29, 0.717) is 17.8 Å². The van der Waals surface area contributed by atoms with Gasteiger partial charge in [0.15, 0.2) is 0 Å². The van der Waals surface area contributed by atoms with Crippen molar-refractivity contribution in [1.29, 1.82) is 0 Å². The van der Waals surface area contributed by atoms with Crippen molar-refractivity contribution in [3.8, 4) is 0 Å². The Morgan fingerprint density at radius 2 is 2.03 bits per heavy atom. The minimum absolute atomic E-state index is 0.00235. The minimum Gasteiger partial charge on any atom is -0.391 e. The fourth-order valence-corrected chi connectivity index (χ4v) is 5.79. The normalized spacial score (nSPS) is 26.0. The molecule has 1 aromatic carbocycles. The Morgan fingerprint density at radius 1 is 1.22 bits per heavy atom. The number of rotatable bonds is 11. The van der Waals surface area contributed by atoms with Gasteiger partial charge in [-0.15, -0.1) is 6.58 Å². The molecule has 0 aromatic heterocycles. The molecule has 4 unspecified atom stereocenters. The lowest BCUT2D eigenvalue weighted by Gasteiger charge is -2.40. The first-order valence-electron chi connectivity index (χ1n) is 12.4. The Morgan fingerprint density at radius 3 is 2.78 bits per heavy atom. The maximum atomic E-state index is 3.96. The molecule has 3 rings (SSSR count). The third-order valence-corrected chi connectivity index (χ3v) is 7.45. The summed E-state index contributed by atoms with van der Waals surface area (Å²) in [6.07, 6.45) is 23.5. The molecule has 1 N–H and O–H groups in total. The molecule has 170 valence electrons. The molecule has 0 saturated carbocycles. The highest BCUT2D eigenvalue weighted by molar-refractivity contribution is 5.53. The molecule has 0 radical (unpaired) electrons. The second kappa shape index (κ2) is 11.4. The van der Waals surface area contributed by atoms with Crippen LogP contribution in [0.25, 0.3) is 0 Å². The van der Waals surface area contributed by atoms with Gasteiger partial charge in [-0.3, -0.25) is 0 Å². The van der Waals surface area contributed by atoms with Gasteiger partial charge in [-0.1, -0.05) is 85.9 Å². The van der Waals surface area contributed by atoms with Crippen LogP contribution in [0.2, 0.25) is 0 Å². The van der Waals surface area contributed by atoms with Crippen LogP contribution < -0.4 is 5.32 Å². The average molecular weight is 428 g/mol. The number of fused-ring (bicyclic) bond motifs is 3. The molecule has 0 heterocycles. The molecule has 1 nitrogen and oxygen atoms in total. The van der Waals surface area contributed by atoms with Crippen molar-refractivity contribution in [2.45, 2.75) is 64.2 Å². The van der Waals surface area contributed by atoms with Crippen molar-refractivity contribution in [2.75, 3.05) is 6.54 Å². The second-order valence-electron chi connectivity index (χ2n) is 9.41. The first-order chi connectivity index (χ1) is 15.6. The summed E-state index contributed by atoms with van der Waals surface area (Å²) in [6, 6.07) is 9.22. The monoisotopic (exact) mass is 427 g/mol. The first-order valence-corrected chi connectivity index (χ1v) is 12.4. The van der Waals surface area contributed by atoms with Crippen LogP contribution in [0.1, 0.15) is 69.9 Å². The minimum atomic E-state index is 0.00235. The summed E-state index contributed by atoms with van der Waals surface area (Å²) in [7, 11) is 0. The van der Waals surface area contributed by atoms with Gasteiger partial charge in [-0.25, -0.2) is 0 Å². The summed E-state index contributed by atoms with van der Waals surface area (Å²) in [4.78, 5) is 0. The van der Waals surface area contributed by atoms with Crippen molar-refractivity contribution in [1.82, 2.24) is 5.32 Å². The van der Waals surface area contributed by atoms with Crippen molar-refractivity contribution in [2.24, 2.45) is 11.8 Å². The van der Waals surface area contributed by atoms with Crippen LogP contribution in [0.15, 0.2) is 97.3 Å². The van der Waals surface area contributed by atoms with E-state index in [1.54, 1.807) is 11.1 Å². The molecule has 0 bridgehead atoms. The molecule has 0 amide bonds. The molecule has 0 aliphatic heterocycles. The predicted octanol–water partition coefficient (Wildman–Crippen LogP) is 8.16. The lowest BCUT2D eigenvalue weighted by molar-refractivity contribution is 0.334. The number of hydrogen-bond acceptors (Lipinski definition) is 1. The van der Waals surface area contributed by atoms with E-state index in [1.165, 1.54) is 17.6 Å². The SMILES string of the molecule is C=C/C=C\C1=C(C)C2C(CC1)c1ccccc1C2(/C=C\CCC(C)C=C)C/C=C/NCC. The van der Waals surface area contributed by atoms with Crippen LogP contribution in [0, 0.1) is 11.8 Å². The third kappa shape index (κ3) is 4.93. The Kier molecular flexibility index (Phi) is 8.56. The quantitative estimate of drug-likeness (QED) is 0.277. The largest absolute Gasteiger partial charge is 0.391 e. The lowest BCUT2D eigenvalue weighted by atomic mass is 9.63. The zero-order chi connectivity index (χ0) is 23.0. The highest BCUT2D eigenvalue weighted by Gasteiger charge is 2.51. The van der Waals surface area contributed by atoms with Gasteiger partial charge in [0.05, 0.1) is 0 Å². The van der Waals surface area contributed by atoms with E-state index in [1.807, 2.05) is 6.08 Å². The van der Waals surface area contributed by atoms with E-state index in [-0.39, 0.29) is 5.41 Å². The molecule has 1 heteroatoms. The van der Waals surface area contributed by atoms with E-state index in [0.717, 1.165) is 32.2 Å². The maximum absolute atomic E-state index is 3.96. The molecule has 0 saturated heterocycles. The van der Waals surface area contributed by atoms with E-state index in [2.05, 4.69) is 106 Å². The zero-order valence-corrected chi connectivity index (χ0v) is 20.3. The van der Waals surface area contributed by atoms with Crippen molar-refractivity contribution >= 4 is 0 Å². The summed E-state index contributed by atoms with van der Waals surface area (Å²) in [6.45, 7) is 15.6. The van der Waals surface area contributed by atoms with E-state index < -0.39 is 0 Å². The Hall–Kier alpha value is -2.54. The van der Waals surface area contributed by atoms with Gasteiger partial charge in [-0.2, -0.15) is 0 Å². The fourth-order valence-electron chi connectivity index (χ4n) is 5.79. The van der Waals surface area contributed by atoms with E-state index in [9.17, 15) is 0 Å². The van der Waals surface area contributed by atoms with Crippen molar-refractivity contribution < 1.29 is 0 Å². The summed E-state index contributed by atoms with van der Waals surface area (Å²) < 4.78 is 0. The molecule has 2 aliphatic carbocycles. The molecule has 32 heavy (non-hydrogen) atoms. The van der Waals surface area contributed by atoms with Gasteiger partial charge in [0.1, 0.15) is 0 Å². The van der Waals surface area contributed by atoms with E-state index in [4.69, 9.17) is 0 Å². The molecule has 1 aromatic rings.